The third-order valence-corrected chi connectivity index (χ3v) is 5.76. The molecule has 6 nitrogen and oxygen atoms in total. The van der Waals surface area contributed by atoms with Crippen molar-refractivity contribution in [2.75, 3.05) is 29.9 Å². The Morgan fingerprint density at radius 3 is 2.48 bits per heavy atom. The number of hydrogen-bond donors (Lipinski definition) is 1. The molecule has 0 radical (unpaired) electrons. The highest BCUT2D eigenvalue weighted by molar-refractivity contribution is 6.39. The molecule has 1 heterocycles. The van der Waals surface area contributed by atoms with Crippen molar-refractivity contribution in [2.24, 2.45) is 0 Å². The molecule has 1 fully saturated rings. The first-order valence-electron chi connectivity index (χ1n) is 9.66. The fraction of sp³-hybridized carbons (Fsp3) is 0.318. The second kappa shape index (κ2) is 7.87. The molecule has 0 spiro atoms. The largest absolute Gasteiger partial charge is 0.365 e. The maximum atomic E-state index is 12.6. The lowest BCUT2D eigenvalue weighted by Crippen LogP contribution is -2.55. The predicted octanol–water partition coefficient (Wildman–Crippen LogP) is 2.68. The van der Waals surface area contributed by atoms with Crippen molar-refractivity contribution >= 4 is 40.6 Å². The fourth-order valence-electron chi connectivity index (χ4n) is 4.01. The summed E-state index contributed by atoms with van der Waals surface area (Å²) in [5.41, 5.74) is 3.51. The number of carbonyl (C=O) groups is 3. The maximum absolute atomic E-state index is 12.6. The van der Waals surface area contributed by atoms with E-state index in [0.717, 1.165) is 16.8 Å². The zero-order valence-corrected chi connectivity index (χ0v) is 16.9. The van der Waals surface area contributed by atoms with E-state index < -0.39 is 11.8 Å². The van der Waals surface area contributed by atoms with Gasteiger partial charge in [-0.3, -0.25) is 14.4 Å². The zero-order valence-electron chi connectivity index (χ0n) is 16.2. The van der Waals surface area contributed by atoms with E-state index in [4.69, 9.17) is 11.6 Å². The molecule has 2 aliphatic rings. The van der Waals surface area contributed by atoms with E-state index in [0.29, 0.717) is 43.2 Å². The molecule has 150 valence electrons. The van der Waals surface area contributed by atoms with Crippen molar-refractivity contribution in [3.05, 3.63) is 58.6 Å². The van der Waals surface area contributed by atoms with Gasteiger partial charge in [0.2, 0.25) is 0 Å². The number of nitrogens with zero attached hydrogens (tertiary/aromatic N) is 2. The minimum atomic E-state index is -0.651. The summed E-state index contributed by atoms with van der Waals surface area (Å²) >= 11 is 5.96. The molecule has 0 bridgehead atoms. The molecule has 7 heteroatoms. The summed E-state index contributed by atoms with van der Waals surface area (Å²) in [5.74, 6) is -1.02. The van der Waals surface area contributed by atoms with Gasteiger partial charge in [-0.25, -0.2) is 0 Å². The quantitative estimate of drug-likeness (QED) is 0.771. The van der Waals surface area contributed by atoms with E-state index in [1.165, 1.54) is 0 Å². The number of amides is 2. The number of anilines is 2. The molecular weight excluding hydrogens is 390 g/mol. The van der Waals surface area contributed by atoms with E-state index in [1.54, 1.807) is 17.0 Å². The van der Waals surface area contributed by atoms with Crippen molar-refractivity contribution in [3.63, 3.8) is 0 Å². The monoisotopic (exact) mass is 411 g/mol. The Morgan fingerprint density at radius 2 is 1.76 bits per heavy atom. The van der Waals surface area contributed by atoms with Crippen molar-refractivity contribution in [1.29, 1.82) is 0 Å². The highest BCUT2D eigenvalue weighted by atomic mass is 35.5. The van der Waals surface area contributed by atoms with E-state index in [-0.39, 0.29) is 11.8 Å². The van der Waals surface area contributed by atoms with E-state index in [1.807, 2.05) is 37.3 Å². The lowest BCUT2D eigenvalue weighted by molar-refractivity contribution is -0.143. The molecule has 4 rings (SSSR count). The van der Waals surface area contributed by atoms with Gasteiger partial charge in [0.1, 0.15) is 5.78 Å². The number of benzene rings is 2. The summed E-state index contributed by atoms with van der Waals surface area (Å²) in [4.78, 5) is 40.5. The third kappa shape index (κ3) is 4.12. The maximum Gasteiger partial charge on any atom is 0.313 e. The molecule has 1 atom stereocenters. The Bertz CT molecular complexity index is 974. The van der Waals surface area contributed by atoms with Crippen LogP contribution in [0.5, 0.6) is 0 Å². The van der Waals surface area contributed by atoms with Crippen molar-refractivity contribution in [1.82, 2.24) is 4.90 Å². The van der Waals surface area contributed by atoms with Crippen LogP contribution in [0.2, 0.25) is 5.02 Å². The van der Waals surface area contributed by atoms with Crippen LogP contribution in [-0.4, -0.2) is 48.2 Å². The Labute approximate surface area is 174 Å². The van der Waals surface area contributed by atoms with Crippen LogP contribution in [0.1, 0.15) is 18.1 Å². The molecule has 1 aliphatic heterocycles. The van der Waals surface area contributed by atoms with E-state index in [2.05, 4.69) is 10.2 Å². The number of carbonyl (C=O) groups excluding carboxylic acids is 3. The highest BCUT2D eigenvalue weighted by Crippen LogP contribution is 2.24. The molecule has 2 aromatic rings. The second-order valence-electron chi connectivity index (χ2n) is 7.60. The Kier molecular flexibility index (Phi) is 5.28. The van der Waals surface area contributed by atoms with E-state index in [9.17, 15) is 14.4 Å². The number of halogens is 1. The zero-order chi connectivity index (χ0) is 20.5. The SMILES string of the molecule is C[C@@H]1CN(C(=O)C(=O)Nc2ccc3c(c2)CC(=O)C3)CCN1c1ccc(Cl)cc1. The van der Waals surface area contributed by atoms with Crippen LogP contribution < -0.4 is 10.2 Å². The molecule has 0 aromatic heterocycles. The Morgan fingerprint density at radius 1 is 1.03 bits per heavy atom. The van der Waals surface area contributed by atoms with Gasteiger partial charge < -0.3 is 15.1 Å². The highest BCUT2D eigenvalue weighted by Gasteiger charge is 2.30. The lowest BCUT2D eigenvalue weighted by atomic mass is 10.1. The van der Waals surface area contributed by atoms with Crippen molar-refractivity contribution in [2.45, 2.75) is 25.8 Å². The average molecular weight is 412 g/mol. The minimum absolute atomic E-state index is 0.0766. The first-order valence-corrected chi connectivity index (χ1v) is 10.0. The van der Waals surface area contributed by atoms with Crippen LogP contribution >= 0.6 is 11.6 Å². The smallest absolute Gasteiger partial charge is 0.313 e. The van der Waals surface area contributed by atoms with Crippen LogP contribution in [-0.2, 0) is 27.2 Å². The first kappa shape index (κ1) is 19.5. The second-order valence-corrected chi connectivity index (χ2v) is 8.04. The number of fused-ring (bicyclic) bond motifs is 1. The summed E-state index contributed by atoms with van der Waals surface area (Å²) in [6.07, 6.45) is 0.829. The standard InChI is InChI=1S/C22H22ClN3O3/c1-14-13-25(8-9-26(14)19-6-3-17(23)4-7-19)22(29)21(28)24-18-5-2-15-11-20(27)12-16(15)10-18/h2-7,10,14H,8-9,11-13H2,1H3,(H,24,28)/t14-/m1/s1. The normalized spacial score (nSPS) is 18.6. The van der Waals surface area contributed by atoms with Crippen LogP contribution in [0.4, 0.5) is 11.4 Å². The van der Waals surface area contributed by atoms with Gasteiger partial charge in [-0.1, -0.05) is 17.7 Å². The number of rotatable bonds is 2. The molecular formula is C22H22ClN3O3. The summed E-state index contributed by atoms with van der Waals surface area (Å²) < 4.78 is 0. The summed E-state index contributed by atoms with van der Waals surface area (Å²) in [7, 11) is 0. The van der Waals surface area contributed by atoms with Gasteiger partial charge in [0.15, 0.2) is 0 Å². The van der Waals surface area contributed by atoms with Gasteiger partial charge in [0, 0.05) is 54.9 Å². The summed E-state index contributed by atoms with van der Waals surface area (Å²) in [6, 6.07) is 13.1. The van der Waals surface area contributed by atoms with Crippen LogP contribution in [0.15, 0.2) is 42.5 Å². The molecule has 2 amide bonds. The predicted molar refractivity (Wildman–Crippen MR) is 112 cm³/mol. The number of ketones is 1. The Balaban J connectivity index is 1.37. The van der Waals surface area contributed by atoms with Gasteiger partial charge in [0.05, 0.1) is 0 Å². The van der Waals surface area contributed by atoms with Gasteiger partial charge in [-0.15, -0.1) is 0 Å². The Hall–Kier alpha value is -2.86. The molecule has 1 saturated heterocycles. The summed E-state index contributed by atoms with van der Waals surface area (Å²) in [5, 5.41) is 3.36. The molecule has 1 N–H and O–H groups in total. The summed E-state index contributed by atoms with van der Waals surface area (Å²) in [6.45, 7) is 3.61. The molecule has 29 heavy (non-hydrogen) atoms. The van der Waals surface area contributed by atoms with Gasteiger partial charge >= 0.3 is 11.8 Å². The third-order valence-electron chi connectivity index (χ3n) is 5.51. The van der Waals surface area contributed by atoms with Crippen LogP contribution in [0, 0.1) is 0 Å². The number of piperazine rings is 1. The minimum Gasteiger partial charge on any atom is -0.365 e. The number of nitrogens with one attached hydrogen (secondary N) is 1. The molecule has 0 unspecified atom stereocenters. The number of hydrogen-bond acceptors (Lipinski definition) is 4. The average Bonchev–Trinajstić information content (AvgIpc) is 3.07. The first-order chi connectivity index (χ1) is 13.9. The number of Topliss-reactive ketones (excluding diaryl/α,β-unsaturated/α-hetero) is 1. The van der Waals surface area contributed by atoms with Crippen LogP contribution in [0.25, 0.3) is 0 Å². The van der Waals surface area contributed by atoms with E-state index >= 15 is 0 Å². The fourth-order valence-corrected chi connectivity index (χ4v) is 4.14. The van der Waals surface area contributed by atoms with Gasteiger partial charge in [-0.05, 0) is 54.4 Å². The molecule has 2 aromatic carbocycles. The lowest BCUT2D eigenvalue weighted by Gasteiger charge is -2.41. The van der Waals surface area contributed by atoms with Crippen molar-refractivity contribution < 1.29 is 14.4 Å². The van der Waals surface area contributed by atoms with Gasteiger partial charge in [0.25, 0.3) is 0 Å². The van der Waals surface area contributed by atoms with Gasteiger partial charge in [-0.2, -0.15) is 0 Å². The molecule has 1 aliphatic carbocycles. The van der Waals surface area contributed by atoms with Crippen molar-refractivity contribution in [3.8, 4) is 0 Å². The van der Waals surface area contributed by atoms with Crippen LogP contribution in [0.3, 0.4) is 0 Å². The topological polar surface area (TPSA) is 69.7 Å². The molecule has 0 saturated carbocycles.